The maximum Gasteiger partial charge on any atom is 0.188 e. The van der Waals surface area contributed by atoms with Crippen LogP contribution in [0.2, 0.25) is 0 Å². The number of aliphatic imine (C=N–C) groups is 1. The van der Waals surface area contributed by atoms with E-state index in [1.165, 1.54) is 12.8 Å². The summed E-state index contributed by atoms with van der Waals surface area (Å²) in [5, 5.41) is 3.18. The molecule has 19 heavy (non-hydrogen) atoms. The molecule has 0 radical (unpaired) electrons. The Labute approximate surface area is 117 Å². The Hall–Kier alpha value is -0.810. The van der Waals surface area contributed by atoms with Crippen LogP contribution in [0.5, 0.6) is 0 Å². The molecule has 3 N–H and O–H groups in total. The summed E-state index contributed by atoms with van der Waals surface area (Å²) in [6.07, 6.45) is 3.59. The third-order valence-corrected chi connectivity index (χ3v) is 3.58. The lowest BCUT2D eigenvalue weighted by Crippen LogP contribution is -2.37. The maximum atomic E-state index is 5.88. The summed E-state index contributed by atoms with van der Waals surface area (Å²) >= 11 is 0. The van der Waals surface area contributed by atoms with Gasteiger partial charge in [-0.25, -0.2) is 0 Å². The minimum Gasteiger partial charge on any atom is -0.383 e. The fourth-order valence-electron chi connectivity index (χ4n) is 2.35. The normalized spacial score (nSPS) is 21.3. The van der Waals surface area contributed by atoms with Gasteiger partial charge >= 0.3 is 0 Å². The van der Waals surface area contributed by atoms with Gasteiger partial charge in [-0.1, -0.05) is 13.8 Å². The van der Waals surface area contributed by atoms with Gasteiger partial charge in [0.2, 0.25) is 0 Å². The van der Waals surface area contributed by atoms with Gasteiger partial charge in [-0.3, -0.25) is 9.89 Å². The highest BCUT2D eigenvalue weighted by molar-refractivity contribution is 5.77. The van der Waals surface area contributed by atoms with Crippen LogP contribution in [0.1, 0.15) is 33.1 Å². The zero-order valence-electron chi connectivity index (χ0n) is 12.7. The fourth-order valence-corrected chi connectivity index (χ4v) is 2.35. The molecule has 0 amide bonds. The molecule has 0 aromatic heterocycles. The Balaban J connectivity index is 2.24. The second kappa shape index (κ2) is 9.15. The number of nitrogens with two attached hydrogens (primary N) is 1. The molecule has 0 bridgehead atoms. The van der Waals surface area contributed by atoms with Gasteiger partial charge in [0.05, 0.1) is 13.2 Å². The zero-order chi connectivity index (χ0) is 14.1. The molecular weight excluding hydrogens is 240 g/mol. The first-order chi connectivity index (χ1) is 9.13. The van der Waals surface area contributed by atoms with E-state index in [1.807, 2.05) is 0 Å². The lowest BCUT2D eigenvalue weighted by atomic mass is 10.1. The maximum absolute atomic E-state index is 5.88. The summed E-state index contributed by atoms with van der Waals surface area (Å²) in [4.78, 5) is 6.91. The molecule has 1 heterocycles. The SMILES string of the molecule is COCCN1CCCC1CN=C(N)NCCC(C)C. The van der Waals surface area contributed by atoms with E-state index in [4.69, 9.17) is 10.5 Å². The van der Waals surface area contributed by atoms with E-state index in [1.54, 1.807) is 7.11 Å². The first-order valence-corrected chi connectivity index (χ1v) is 7.40. The number of ether oxygens (including phenoxy) is 1. The van der Waals surface area contributed by atoms with Crippen LogP contribution < -0.4 is 11.1 Å². The molecule has 112 valence electrons. The highest BCUT2D eigenvalue weighted by Gasteiger charge is 2.23. The van der Waals surface area contributed by atoms with Gasteiger partial charge in [-0.2, -0.15) is 0 Å². The first kappa shape index (κ1) is 16.2. The van der Waals surface area contributed by atoms with E-state index in [2.05, 4.69) is 29.1 Å². The molecule has 5 nitrogen and oxygen atoms in total. The third kappa shape index (κ3) is 6.78. The highest BCUT2D eigenvalue weighted by atomic mass is 16.5. The van der Waals surface area contributed by atoms with Crippen LogP contribution in [-0.4, -0.2) is 56.8 Å². The molecule has 0 saturated carbocycles. The van der Waals surface area contributed by atoms with E-state index in [-0.39, 0.29) is 0 Å². The van der Waals surface area contributed by atoms with Crippen LogP contribution >= 0.6 is 0 Å². The van der Waals surface area contributed by atoms with Crippen molar-refractivity contribution in [2.24, 2.45) is 16.6 Å². The van der Waals surface area contributed by atoms with Crippen molar-refractivity contribution in [3.63, 3.8) is 0 Å². The van der Waals surface area contributed by atoms with Crippen molar-refractivity contribution < 1.29 is 4.74 Å². The molecule has 5 heteroatoms. The molecule has 1 aliphatic rings. The van der Waals surface area contributed by atoms with Crippen LogP contribution in [0.4, 0.5) is 0 Å². The van der Waals surface area contributed by atoms with E-state index in [0.29, 0.717) is 17.9 Å². The van der Waals surface area contributed by atoms with E-state index >= 15 is 0 Å². The van der Waals surface area contributed by atoms with Crippen molar-refractivity contribution in [2.45, 2.75) is 39.2 Å². The smallest absolute Gasteiger partial charge is 0.188 e. The summed E-state index contributed by atoms with van der Waals surface area (Å²) in [7, 11) is 1.75. The first-order valence-electron chi connectivity index (χ1n) is 7.40. The van der Waals surface area contributed by atoms with E-state index in [0.717, 1.165) is 39.2 Å². The van der Waals surface area contributed by atoms with Gasteiger partial charge < -0.3 is 15.8 Å². The van der Waals surface area contributed by atoms with Crippen molar-refractivity contribution in [3.8, 4) is 0 Å². The van der Waals surface area contributed by atoms with Crippen molar-refractivity contribution >= 4 is 5.96 Å². The topological polar surface area (TPSA) is 62.9 Å². The lowest BCUT2D eigenvalue weighted by molar-refractivity contribution is 0.143. The predicted octanol–water partition coefficient (Wildman–Crippen LogP) is 1.05. The second-order valence-electron chi connectivity index (χ2n) is 5.66. The number of methoxy groups -OCH3 is 1. The molecule has 1 fully saturated rings. The molecule has 1 rings (SSSR count). The summed E-state index contributed by atoms with van der Waals surface area (Å²) in [5.74, 6) is 1.28. The molecule has 1 saturated heterocycles. The third-order valence-electron chi connectivity index (χ3n) is 3.58. The molecule has 1 atom stereocenters. The van der Waals surface area contributed by atoms with Crippen molar-refractivity contribution in [2.75, 3.05) is 39.9 Å². The van der Waals surface area contributed by atoms with Crippen molar-refractivity contribution in [3.05, 3.63) is 0 Å². The van der Waals surface area contributed by atoms with E-state index in [9.17, 15) is 0 Å². The number of nitrogens with one attached hydrogen (secondary N) is 1. The molecule has 1 unspecified atom stereocenters. The Bertz CT molecular complexity index is 268. The summed E-state index contributed by atoms with van der Waals surface area (Å²) in [5.41, 5.74) is 5.88. The van der Waals surface area contributed by atoms with Gasteiger partial charge in [0, 0.05) is 26.2 Å². The summed E-state index contributed by atoms with van der Waals surface area (Å²) in [6, 6.07) is 0.528. The van der Waals surface area contributed by atoms with Gasteiger partial charge in [-0.15, -0.1) is 0 Å². The highest BCUT2D eigenvalue weighted by Crippen LogP contribution is 2.16. The van der Waals surface area contributed by atoms with Gasteiger partial charge in [0.25, 0.3) is 0 Å². The van der Waals surface area contributed by atoms with Crippen LogP contribution in [0, 0.1) is 5.92 Å². The average Bonchev–Trinajstić information content (AvgIpc) is 2.80. The van der Waals surface area contributed by atoms with Crippen molar-refractivity contribution in [1.82, 2.24) is 10.2 Å². The largest absolute Gasteiger partial charge is 0.383 e. The van der Waals surface area contributed by atoms with E-state index < -0.39 is 0 Å². The number of likely N-dealkylation sites (tertiary alicyclic amines) is 1. The minimum absolute atomic E-state index is 0.528. The van der Waals surface area contributed by atoms with Gasteiger partial charge in [-0.05, 0) is 31.7 Å². The number of guanidine groups is 1. The Morgan fingerprint density at radius 3 is 3.00 bits per heavy atom. The van der Waals surface area contributed by atoms with Crippen LogP contribution in [0.15, 0.2) is 4.99 Å². The molecule has 0 spiro atoms. The van der Waals surface area contributed by atoms with Crippen LogP contribution in [0.3, 0.4) is 0 Å². The monoisotopic (exact) mass is 270 g/mol. The molecule has 0 aliphatic carbocycles. The molecular formula is C14H30N4O. The zero-order valence-corrected chi connectivity index (χ0v) is 12.7. The lowest BCUT2D eigenvalue weighted by Gasteiger charge is -2.22. The number of hydrogen-bond acceptors (Lipinski definition) is 3. The number of rotatable bonds is 8. The Morgan fingerprint density at radius 2 is 2.32 bits per heavy atom. The molecule has 0 aromatic rings. The summed E-state index contributed by atoms with van der Waals surface area (Å²) in [6.45, 7) is 9.07. The van der Waals surface area contributed by atoms with Crippen LogP contribution in [-0.2, 0) is 4.74 Å². The second-order valence-corrected chi connectivity index (χ2v) is 5.66. The average molecular weight is 270 g/mol. The minimum atomic E-state index is 0.528. The predicted molar refractivity (Wildman–Crippen MR) is 80.4 cm³/mol. The summed E-state index contributed by atoms with van der Waals surface area (Å²) < 4.78 is 5.14. The number of nitrogens with zero attached hydrogens (tertiary/aromatic N) is 2. The van der Waals surface area contributed by atoms with Gasteiger partial charge in [0.15, 0.2) is 5.96 Å². The fraction of sp³-hybridized carbons (Fsp3) is 0.929. The van der Waals surface area contributed by atoms with Crippen molar-refractivity contribution in [1.29, 1.82) is 0 Å². The Kier molecular flexibility index (Phi) is 7.82. The quantitative estimate of drug-likeness (QED) is 0.511. The molecule has 1 aliphatic heterocycles. The number of hydrogen-bond donors (Lipinski definition) is 2. The van der Waals surface area contributed by atoms with Gasteiger partial charge in [0.1, 0.15) is 0 Å². The standard InChI is InChI=1S/C14H30N4O/c1-12(2)6-7-16-14(15)17-11-13-5-4-8-18(13)9-10-19-3/h12-13H,4-11H2,1-3H3,(H3,15,16,17). The molecule has 0 aromatic carbocycles. The Morgan fingerprint density at radius 1 is 1.53 bits per heavy atom. The van der Waals surface area contributed by atoms with Crippen LogP contribution in [0.25, 0.3) is 0 Å².